The average Bonchev–Trinajstić information content (AvgIpc) is 2.75. The Morgan fingerprint density at radius 2 is 2.37 bits per heavy atom. The summed E-state index contributed by atoms with van der Waals surface area (Å²) < 4.78 is 7.10. The van der Waals surface area contributed by atoms with Crippen molar-refractivity contribution < 1.29 is 9.53 Å². The molecule has 0 bridgehead atoms. The molecular formula is C13H23N3O2S. The highest BCUT2D eigenvalue weighted by molar-refractivity contribution is 7.99. The predicted octanol–water partition coefficient (Wildman–Crippen LogP) is 1.83. The highest BCUT2D eigenvalue weighted by atomic mass is 32.2. The van der Waals surface area contributed by atoms with Crippen molar-refractivity contribution in [2.24, 2.45) is 7.05 Å². The number of carbonyl (C=O) groups excluding carboxylic acids is 1. The number of nitrogens with zero attached hydrogens (tertiary/aromatic N) is 2. The number of aryl methyl sites for hydroxylation is 1. The summed E-state index contributed by atoms with van der Waals surface area (Å²) in [6, 6.07) is 0. The van der Waals surface area contributed by atoms with Crippen molar-refractivity contribution >= 4 is 17.7 Å². The molecule has 1 aromatic rings. The molecule has 1 aromatic heterocycles. The summed E-state index contributed by atoms with van der Waals surface area (Å²) in [6.45, 7) is 6.19. The van der Waals surface area contributed by atoms with E-state index in [1.54, 1.807) is 25.0 Å². The summed E-state index contributed by atoms with van der Waals surface area (Å²) in [7, 11) is 3.75. The van der Waals surface area contributed by atoms with E-state index in [4.69, 9.17) is 4.74 Å². The molecule has 1 heterocycles. The molecule has 19 heavy (non-hydrogen) atoms. The van der Waals surface area contributed by atoms with E-state index in [0.717, 1.165) is 5.16 Å². The molecule has 1 N–H and O–H groups in total. The van der Waals surface area contributed by atoms with Crippen LogP contribution in [0.2, 0.25) is 0 Å². The summed E-state index contributed by atoms with van der Waals surface area (Å²) in [5.74, 6) is -0.204. The Kier molecular flexibility index (Phi) is 5.87. The minimum absolute atomic E-state index is 0.204. The van der Waals surface area contributed by atoms with Gasteiger partial charge in [0.15, 0.2) is 5.16 Å². The van der Waals surface area contributed by atoms with E-state index >= 15 is 0 Å². The van der Waals surface area contributed by atoms with Crippen LogP contribution in [-0.4, -0.2) is 40.0 Å². The summed E-state index contributed by atoms with van der Waals surface area (Å²) in [4.78, 5) is 16.3. The van der Waals surface area contributed by atoms with Gasteiger partial charge in [0.25, 0.3) is 0 Å². The second kappa shape index (κ2) is 6.96. The Balaban J connectivity index is 2.65. The molecule has 0 amide bonds. The van der Waals surface area contributed by atoms with E-state index < -0.39 is 5.54 Å². The Morgan fingerprint density at radius 1 is 1.68 bits per heavy atom. The number of imidazole rings is 1. The zero-order valence-corrected chi connectivity index (χ0v) is 13.1. The van der Waals surface area contributed by atoms with E-state index in [-0.39, 0.29) is 11.2 Å². The molecule has 0 radical (unpaired) electrons. The minimum Gasteiger partial charge on any atom is -0.465 e. The maximum absolute atomic E-state index is 12.0. The second-order valence-electron chi connectivity index (χ2n) is 4.76. The summed E-state index contributed by atoms with van der Waals surface area (Å²) in [5, 5.41) is 4.28. The van der Waals surface area contributed by atoms with Crippen LogP contribution in [0.15, 0.2) is 17.6 Å². The van der Waals surface area contributed by atoms with Crippen molar-refractivity contribution in [1.82, 2.24) is 14.9 Å². The van der Waals surface area contributed by atoms with E-state index in [2.05, 4.69) is 17.2 Å². The van der Waals surface area contributed by atoms with Crippen LogP contribution in [0.1, 0.15) is 27.2 Å². The molecule has 0 saturated carbocycles. The number of likely N-dealkylation sites (N-methyl/N-ethyl adjacent to an activating group) is 1. The molecule has 0 aliphatic heterocycles. The number of esters is 1. The zero-order valence-electron chi connectivity index (χ0n) is 12.3. The van der Waals surface area contributed by atoms with Gasteiger partial charge in [-0.05, 0) is 27.3 Å². The lowest BCUT2D eigenvalue weighted by Crippen LogP contribution is -2.50. The molecule has 5 nitrogen and oxygen atoms in total. The number of ether oxygens (including phenoxy) is 1. The first-order valence-electron chi connectivity index (χ1n) is 6.43. The van der Waals surface area contributed by atoms with Crippen LogP contribution in [0.4, 0.5) is 0 Å². The maximum Gasteiger partial charge on any atom is 0.326 e. The third-order valence-electron chi connectivity index (χ3n) is 3.06. The van der Waals surface area contributed by atoms with Gasteiger partial charge >= 0.3 is 5.97 Å². The number of rotatable bonds is 7. The Labute approximate surface area is 119 Å². The highest BCUT2D eigenvalue weighted by Gasteiger charge is 2.35. The average molecular weight is 285 g/mol. The predicted molar refractivity (Wildman–Crippen MR) is 77.2 cm³/mol. The minimum atomic E-state index is -0.659. The normalized spacial score (nSPS) is 15.8. The molecule has 2 atom stereocenters. The lowest BCUT2D eigenvalue weighted by atomic mass is 9.96. The van der Waals surface area contributed by atoms with Crippen LogP contribution >= 0.6 is 11.8 Å². The van der Waals surface area contributed by atoms with E-state index in [9.17, 15) is 4.79 Å². The Hall–Kier alpha value is -1.01. The van der Waals surface area contributed by atoms with Crippen molar-refractivity contribution in [3.05, 3.63) is 12.4 Å². The molecule has 1 rings (SSSR count). The van der Waals surface area contributed by atoms with Gasteiger partial charge in [-0.15, -0.1) is 0 Å². The van der Waals surface area contributed by atoms with Gasteiger partial charge in [0.05, 0.1) is 6.61 Å². The molecule has 0 aliphatic carbocycles. The topological polar surface area (TPSA) is 56.1 Å². The molecule has 2 unspecified atom stereocenters. The molecule has 0 fully saturated rings. The molecular weight excluding hydrogens is 262 g/mol. The monoisotopic (exact) mass is 285 g/mol. The van der Waals surface area contributed by atoms with Gasteiger partial charge in [-0.25, -0.2) is 4.98 Å². The fourth-order valence-corrected chi connectivity index (χ4v) is 2.97. The number of carbonyl (C=O) groups is 1. The van der Waals surface area contributed by atoms with Crippen molar-refractivity contribution in [3.8, 4) is 0 Å². The number of aromatic nitrogens is 2. The van der Waals surface area contributed by atoms with Crippen LogP contribution in [0.3, 0.4) is 0 Å². The van der Waals surface area contributed by atoms with E-state index in [1.165, 1.54) is 0 Å². The fourth-order valence-electron chi connectivity index (χ4n) is 1.84. The maximum atomic E-state index is 12.0. The van der Waals surface area contributed by atoms with Gasteiger partial charge < -0.3 is 14.6 Å². The Morgan fingerprint density at radius 3 is 2.84 bits per heavy atom. The zero-order chi connectivity index (χ0) is 14.5. The van der Waals surface area contributed by atoms with Crippen LogP contribution < -0.4 is 5.32 Å². The van der Waals surface area contributed by atoms with Crippen LogP contribution in [0.25, 0.3) is 0 Å². The quantitative estimate of drug-likeness (QED) is 0.612. The van der Waals surface area contributed by atoms with Gasteiger partial charge in [0.2, 0.25) is 0 Å². The van der Waals surface area contributed by atoms with Crippen molar-refractivity contribution in [3.63, 3.8) is 0 Å². The van der Waals surface area contributed by atoms with Crippen molar-refractivity contribution in [1.29, 1.82) is 0 Å². The molecule has 0 aliphatic rings. The van der Waals surface area contributed by atoms with Crippen molar-refractivity contribution in [2.75, 3.05) is 13.7 Å². The second-order valence-corrected chi connectivity index (χ2v) is 6.16. The SMILES string of the molecule is CCOC(=O)C(C)(CC(C)Sc1nccn1C)NC. The first-order chi connectivity index (χ1) is 8.92. The first kappa shape index (κ1) is 16.0. The van der Waals surface area contributed by atoms with E-state index in [0.29, 0.717) is 13.0 Å². The number of nitrogens with one attached hydrogen (secondary N) is 1. The number of thioether (sulfide) groups is 1. The number of hydrogen-bond donors (Lipinski definition) is 1. The molecule has 0 spiro atoms. The number of hydrogen-bond acceptors (Lipinski definition) is 5. The van der Waals surface area contributed by atoms with E-state index in [1.807, 2.05) is 31.7 Å². The smallest absolute Gasteiger partial charge is 0.326 e. The summed E-state index contributed by atoms with van der Waals surface area (Å²) >= 11 is 1.66. The largest absolute Gasteiger partial charge is 0.465 e. The van der Waals surface area contributed by atoms with Crippen LogP contribution in [0, 0.1) is 0 Å². The van der Waals surface area contributed by atoms with Gasteiger partial charge in [0.1, 0.15) is 5.54 Å². The molecule has 0 saturated heterocycles. The standard InChI is InChI=1S/C13H23N3O2S/c1-6-18-11(17)13(3,14-4)9-10(2)19-12-15-7-8-16(12)5/h7-8,10,14H,6,9H2,1-5H3. The molecule has 6 heteroatoms. The summed E-state index contributed by atoms with van der Waals surface area (Å²) in [6.07, 6.45) is 4.37. The molecule has 0 aromatic carbocycles. The lowest BCUT2D eigenvalue weighted by Gasteiger charge is -2.29. The van der Waals surface area contributed by atoms with Crippen molar-refractivity contribution in [2.45, 2.75) is 43.1 Å². The fraction of sp³-hybridized carbons (Fsp3) is 0.692. The lowest BCUT2D eigenvalue weighted by molar-refractivity contribution is -0.150. The van der Waals surface area contributed by atoms with Gasteiger partial charge in [-0.1, -0.05) is 18.7 Å². The highest BCUT2D eigenvalue weighted by Crippen LogP contribution is 2.27. The van der Waals surface area contributed by atoms with Gasteiger partial charge in [-0.3, -0.25) is 4.79 Å². The first-order valence-corrected chi connectivity index (χ1v) is 7.31. The third kappa shape index (κ3) is 4.24. The van der Waals surface area contributed by atoms with Gasteiger partial charge in [-0.2, -0.15) is 0 Å². The Bertz CT molecular complexity index is 422. The molecule has 108 valence electrons. The summed E-state index contributed by atoms with van der Waals surface area (Å²) in [5.41, 5.74) is -0.659. The third-order valence-corrected chi connectivity index (χ3v) is 4.23. The van der Waals surface area contributed by atoms with Crippen LogP contribution in [0.5, 0.6) is 0 Å². The van der Waals surface area contributed by atoms with Crippen LogP contribution in [-0.2, 0) is 16.6 Å². The van der Waals surface area contributed by atoms with Gasteiger partial charge in [0, 0.05) is 24.7 Å².